The molecule has 0 amide bonds. The van der Waals surface area contributed by atoms with Crippen LogP contribution in [0.25, 0.3) is 0 Å². The Labute approximate surface area is 141 Å². The lowest BCUT2D eigenvalue weighted by Crippen LogP contribution is -2.49. The van der Waals surface area contributed by atoms with Crippen molar-refractivity contribution in [2.75, 3.05) is 13.1 Å². The lowest BCUT2D eigenvalue weighted by Gasteiger charge is -2.47. The number of hydrogen-bond donors (Lipinski definition) is 1. The molecule has 0 bridgehead atoms. The summed E-state index contributed by atoms with van der Waals surface area (Å²) >= 11 is 9.68. The van der Waals surface area contributed by atoms with Gasteiger partial charge in [0.1, 0.15) is 0 Å². The van der Waals surface area contributed by atoms with Crippen molar-refractivity contribution in [1.82, 2.24) is 4.90 Å². The van der Waals surface area contributed by atoms with Crippen LogP contribution in [0.15, 0.2) is 22.7 Å². The summed E-state index contributed by atoms with van der Waals surface area (Å²) in [5.41, 5.74) is 7.45. The first-order chi connectivity index (χ1) is 10.2. The van der Waals surface area contributed by atoms with E-state index in [1.807, 2.05) is 6.07 Å². The molecule has 1 aromatic carbocycles. The number of halogens is 2. The van der Waals surface area contributed by atoms with E-state index >= 15 is 0 Å². The highest BCUT2D eigenvalue weighted by Crippen LogP contribution is 2.39. The van der Waals surface area contributed by atoms with Gasteiger partial charge in [-0.25, -0.2) is 0 Å². The highest BCUT2D eigenvalue weighted by molar-refractivity contribution is 9.10. The summed E-state index contributed by atoms with van der Waals surface area (Å²) in [6.45, 7) is 1.86. The van der Waals surface area contributed by atoms with Crippen molar-refractivity contribution in [3.8, 4) is 0 Å². The maximum absolute atomic E-state index is 6.16. The first kappa shape index (κ1) is 15.8. The molecule has 1 aliphatic heterocycles. The van der Waals surface area contributed by atoms with Crippen molar-refractivity contribution in [3.05, 3.63) is 33.3 Å². The molecule has 2 nitrogen and oxygen atoms in total. The molecule has 1 saturated heterocycles. The number of likely N-dealkylation sites (tertiary alicyclic amines) is 1. The van der Waals surface area contributed by atoms with Crippen LogP contribution in [0, 0.1) is 5.92 Å². The average Bonchev–Trinajstić information content (AvgIpc) is 2.52. The molecule has 2 aliphatic rings. The second-order valence-electron chi connectivity index (χ2n) is 6.42. The van der Waals surface area contributed by atoms with Gasteiger partial charge in [0, 0.05) is 23.1 Å². The van der Waals surface area contributed by atoms with Gasteiger partial charge >= 0.3 is 0 Å². The molecular weight excluding hydrogens is 348 g/mol. The van der Waals surface area contributed by atoms with Crippen molar-refractivity contribution < 1.29 is 0 Å². The molecule has 0 radical (unpaired) electrons. The molecular formula is C17H24BrClN2. The Morgan fingerprint density at radius 1 is 1.24 bits per heavy atom. The number of benzene rings is 1. The molecule has 0 spiro atoms. The van der Waals surface area contributed by atoms with Crippen molar-refractivity contribution in [1.29, 1.82) is 0 Å². The van der Waals surface area contributed by atoms with Gasteiger partial charge in [-0.1, -0.05) is 30.5 Å². The lowest BCUT2D eigenvalue weighted by atomic mass is 9.77. The van der Waals surface area contributed by atoms with E-state index in [-0.39, 0.29) is 0 Å². The van der Waals surface area contributed by atoms with Crippen molar-refractivity contribution >= 4 is 27.5 Å². The smallest absolute Gasteiger partial charge is 0.0548 e. The van der Waals surface area contributed by atoms with Crippen LogP contribution >= 0.6 is 27.5 Å². The van der Waals surface area contributed by atoms with Crippen LogP contribution in [0.1, 0.15) is 50.1 Å². The molecule has 3 rings (SSSR count). The number of piperidine rings is 1. The fourth-order valence-corrected chi connectivity index (χ4v) is 4.75. The number of hydrogen-bond acceptors (Lipinski definition) is 2. The van der Waals surface area contributed by atoms with E-state index in [2.05, 4.69) is 33.0 Å². The van der Waals surface area contributed by atoms with Gasteiger partial charge in [0.15, 0.2) is 0 Å². The van der Waals surface area contributed by atoms with Crippen LogP contribution in [0.4, 0.5) is 0 Å². The normalized spacial score (nSPS) is 28.1. The summed E-state index contributed by atoms with van der Waals surface area (Å²) in [4.78, 5) is 2.68. The lowest BCUT2D eigenvalue weighted by molar-refractivity contribution is 0.0276. The minimum atomic E-state index is 0.324. The fraction of sp³-hybridized carbons (Fsp3) is 0.647. The summed E-state index contributed by atoms with van der Waals surface area (Å²) in [5.74, 6) is 0.886. The van der Waals surface area contributed by atoms with E-state index in [1.165, 1.54) is 50.6 Å². The second kappa shape index (κ2) is 6.99. The van der Waals surface area contributed by atoms with Crippen LogP contribution in [0.2, 0.25) is 5.02 Å². The molecule has 0 aromatic heterocycles. The molecule has 2 N–H and O–H groups in total. The minimum absolute atomic E-state index is 0.324. The molecule has 21 heavy (non-hydrogen) atoms. The van der Waals surface area contributed by atoms with Crippen molar-refractivity contribution in [2.24, 2.45) is 11.7 Å². The van der Waals surface area contributed by atoms with E-state index in [0.717, 1.165) is 21.5 Å². The van der Waals surface area contributed by atoms with E-state index in [1.54, 1.807) is 0 Å². The Hall–Kier alpha value is -0.0900. The molecule has 116 valence electrons. The van der Waals surface area contributed by atoms with Gasteiger partial charge in [-0.3, -0.25) is 4.90 Å². The Morgan fingerprint density at radius 2 is 2.00 bits per heavy atom. The molecule has 2 fully saturated rings. The minimum Gasteiger partial charge on any atom is -0.329 e. The zero-order chi connectivity index (χ0) is 14.8. The van der Waals surface area contributed by atoms with Gasteiger partial charge in [-0.2, -0.15) is 0 Å². The molecule has 4 heteroatoms. The summed E-state index contributed by atoms with van der Waals surface area (Å²) < 4.78 is 0.970. The van der Waals surface area contributed by atoms with Gasteiger partial charge in [0.05, 0.1) is 5.02 Å². The van der Waals surface area contributed by atoms with Crippen molar-refractivity contribution in [3.63, 3.8) is 0 Å². The summed E-state index contributed by atoms with van der Waals surface area (Å²) in [5, 5.41) is 0.767. The predicted molar refractivity (Wildman–Crippen MR) is 92.6 cm³/mol. The molecule has 1 heterocycles. The van der Waals surface area contributed by atoms with E-state index < -0.39 is 0 Å². The van der Waals surface area contributed by atoms with E-state index in [4.69, 9.17) is 17.3 Å². The molecule has 3 atom stereocenters. The summed E-state index contributed by atoms with van der Waals surface area (Å²) in [6.07, 6.45) is 8.25. The number of fused-ring (bicyclic) bond motifs is 1. The van der Waals surface area contributed by atoms with E-state index in [9.17, 15) is 0 Å². The van der Waals surface area contributed by atoms with Crippen molar-refractivity contribution in [2.45, 2.75) is 50.6 Å². The Kier molecular flexibility index (Phi) is 5.26. The average molecular weight is 372 g/mol. The Morgan fingerprint density at radius 3 is 2.76 bits per heavy atom. The Bertz CT molecular complexity index is 492. The van der Waals surface area contributed by atoms with Gasteiger partial charge in [-0.05, 0) is 71.8 Å². The van der Waals surface area contributed by atoms with Crippen LogP contribution < -0.4 is 5.73 Å². The summed E-state index contributed by atoms with van der Waals surface area (Å²) in [7, 11) is 0. The SMILES string of the molecule is NCC(c1ccc(Cl)c(Br)c1)N1CCCC2CCCCC21. The fourth-order valence-electron chi connectivity index (χ4n) is 4.23. The largest absolute Gasteiger partial charge is 0.329 e. The van der Waals surface area contributed by atoms with E-state index in [0.29, 0.717) is 12.6 Å². The molecule has 1 aliphatic carbocycles. The zero-order valence-corrected chi connectivity index (χ0v) is 14.7. The predicted octanol–water partition coefficient (Wildman–Crippen LogP) is 4.76. The van der Waals surface area contributed by atoms with Crippen LogP contribution in [-0.2, 0) is 0 Å². The highest BCUT2D eigenvalue weighted by Gasteiger charge is 2.36. The first-order valence-electron chi connectivity index (χ1n) is 8.11. The standard InChI is InChI=1S/C17H24BrClN2/c18-14-10-13(7-8-15(14)19)17(11-20)21-9-3-5-12-4-1-2-6-16(12)21/h7-8,10,12,16-17H,1-6,9,11,20H2. The van der Waals surface area contributed by atoms with Gasteiger partial charge in [0.25, 0.3) is 0 Å². The Balaban J connectivity index is 1.85. The maximum atomic E-state index is 6.16. The topological polar surface area (TPSA) is 29.3 Å². The van der Waals surface area contributed by atoms with Gasteiger partial charge in [-0.15, -0.1) is 0 Å². The van der Waals surface area contributed by atoms with Crippen LogP contribution in [-0.4, -0.2) is 24.0 Å². The third-order valence-corrected chi connectivity index (χ3v) is 6.45. The molecule has 1 saturated carbocycles. The number of nitrogens with zero attached hydrogens (tertiary/aromatic N) is 1. The molecule has 3 unspecified atom stereocenters. The van der Waals surface area contributed by atoms with Gasteiger partial charge in [0.2, 0.25) is 0 Å². The quantitative estimate of drug-likeness (QED) is 0.830. The number of nitrogens with two attached hydrogens (primary N) is 1. The third-order valence-electron chi connectivity index (χ3n) is 5.24. The monoisotopic (exact) mass is 370 g/mol. The highest BCUT2D eigenvalue weighted by atomic mass is 79.9. The number of rotatable bonds is 3. The third kappa shape index (κ3) is 3.31. The molecule has 1 aromatic rings. The summed E-state index contributed by atoms with van der Waals surface area (Å²) in [6, 6.07) is 7.31. The zero-order valence-electron chi connectivity index (χ0n) is 12.4. The first-order valence-corrected chi connectivity index (χ1v) is 9.28. The second-order valence-corrected chi connectivity index (χ2v) is 7.68. The van der Waals surface area contributed by atoms with Crippen LogP contribution in [0.5, 0.6) is 0 Å². The van der Waals surface area contributed by atoms with Gasteiger partial charge < -0.3 is 5.73 Å². The van der Waals surface area contributed by atoms with Crippen LogP contribution in [0.3, 0.4) is 0 Å². The maximum Gasteiger partial charge on any atom is 0.0548 e.